The summed E-state index contributed by atoms with van der Waals surface area (Å²) in [5, 5.41) is 2.77. The van der Waals surface area contributed by atoms with Crippen LogP contribution in [0.2, 0.25) is 5.02 Å². The minimum Gasteiger partial charge on any atom is -0.446 e. The number of sulfonamides is 1. The molecule has 0 aliphatic heterocycles. The molecule has 0 atom stereocenters. The number of rotatable bonds is 6. The Morgan fingerprint density at radius 1 is 1.29 bits per heavy atom. The summed E-state index contributed by atoms with van der Waals surface area (Å²) in [6.07, 6.45) is 0. The molecule has 0 radical (unpaired) electrons. The Bertz CT molecular complexity index is 731. The van der Waals surface area contributed by atoms with Gasteiger partial charge in [-0.05, 0) is 36.9 Å². The van der Waals surface area contributed by atoms with Crippen LogP contribution in [0.25, 0.3) is 0 Å². The fourth-order valence-electron chi connectivity index (χ4n) is 1.61. The van der Waals surface area contributed by atoms with Gasteiger partial charge >= 0.3 is 0 Å². The summed E-state index contributed by atoms with van der Waals surface area (Å²) < 4.78 is 44.7. The van der Waals surface area contributed by atoms with Crippen LogP contribution >= 0.6 is 11.6 Å². The van der Waals surface area contributed by atoms with E-state index in [4.69, 9.17) is 16.0 Å². The number of furan rings is 1. The van der Waals surface area contributed by atoms with Gasteiger partial charge in [0.2, 0.25) is 5.09 Å². The van der Waals surface area contributed by atoms with E-state index >= 15 is 0 Å². The molecular formula is C13H14ClFN2O3S. The zero-order valence-electron chi connectivity index (χ0n) is 11.2. The molecule has 0 aliphatic rings. The lowest BCUT2D eigenvalue weighted by Crippen LogP contribution is -2.13. The predicted molar refractivity (Wildman–Crippen MR) is 78.3 cm³/mol. The topological polar surface area (TPSA) is 71.3 Å². The van der Waals surface area contributed by atoms with E-state index < -0.39 is 15.8 Å². The number of nitrogens with one attached hydrogen (secondary N) is 2. The number of anilines is 1. The van der Waals surface area contributed by atoms with Crippen molar-refractivity contribution in [3.05, 3.63) is 46.9 Å². The van der Waals surface area contributed by atoms with Crippen molar-refractivity contribution in [3.63, 3.8) is 0 Å². The van der Waals surface area contributed by atoms with Crippen LogP contribution in [0.3, 0.4) is 0 Å². The Hall–Kier alpha value is -1.57. The summed E-state index contributed by atoms with van der Waals surface area (Å²) >= 11 is 5.79. The highest BCUT2D eigenvalue weighted by molar-refractivity contribution is 7.92. The van der Waals surface area contributed by atoms with Gasteiger partial charge in [-0.2, -0.15) is 8.42 Å². The predicted octanol–water partition coefficient (Wildman–Crippen LogP) is 2.98. The quantitative estimate of drug-likeness (QED) is 0.853. The molecular weight excluding hydrogens is 319 g/mol. The summed E-state index contributed by atoms with van der Waals surface area (Å²) in [5.41, 5.74) is 0.0858. The zero-order valence-corrected chi connectivity index (χ0v) is 12.8. The average molecular weight is 333 g/mol. The molecule has 0 fully saturated rings. The van der Waals surface area contributed by atoms with Gasteiger partial charge < -0.3 is 9.73 Å². The van der Waals surface area contributed by atoms with Crippen LogP contribution in [0.15, 0.2) is 39.8 Å². The lowest BCUT2D eigenvalue weighted by molar-refractivity contribution is 0.405. The third kappa shape index (κ3) is 3.96. The van der Waals surface area contributed by atoms with E-state index in [9.17, 15) is 12.8 Å². The first kappa shape index (κ1) is 15.8. The van der Waals surface area contributed by atoms with Gasteiger partial charge in [0, 0.05) is 0 Å². The molecule has 0 unspecified atom stereocenters. The first-order chi connectivity index (χ1) is 9.92. The maximum atomic E-state index is 12.9. The molecule has 21 heavy (non-hydrogen) atoms. The van der Waals surface area contributed by atoms with E-state index in [0.29, 0.717) is 12.3 Å². The second-order valence-electron chi connectivity index (χ2n) is 4.23. The van der Waals surface area contributed by atoms with Gasteiger partial charge in [0.05, 0.1) is 17.3 Å². The molecule has 2 rings (SSSR count). The fourth-order valence-corrected chi connectivity index (χ4v) is 2.92. The van der Waals surface area contributed by atoms with Crippen LogP contribution in [-0.2, 0) is 16.6 Å². The van der Waals surface area contributed by atoms with Crippen molar-refractivity contribution in [2.45, 2.75) is 18.6 Å². The Labute approximate surface area is 127 Å². The van der Waals surface area contributed by atoms with E-state index in [-0.39, 0.29) is 15.8 Å². The molecule has 1 heterocycles. The number of benzene rings is 1. The van der Waals surface area contributed by atoms with Crippen LogP contribution in [0.1, 0.15) is 12.7 Å². The van der Waals surface area contributed by atoms with Gasteiger partial charge in [0.15, 0.2) is 0 Å². The van der Waals surface area contributed by atoms with Crippen LogP contribution in [0, 0.1) is 5.82 Å². The molecule has 0 saturated heterocycles. The summed E-state index contributed by atoms with van der Waals surface area (Å²) in [7, 11) is -3.90. The van der Waals surface area contributed by atoms with Crippen LogP contribution in [-0.4, -0.2) is 15.0 Å². The largest absolute Gasteiger partial charge is 0.446 e. The van der Waals surface area contributed by atoms with Crippen molar-refractivity contribution in [2.24, 2.45) is 0 Å². The minimum atomic E-state index is -3.90. The van der Waals surface area contributed by atoms with Crippen molar-refractivity contribution < 1.29 is 17.2 Å². The van der Waals surface area contributed by atoms with Crippen molar-refractivity contribution in [3.8, 4) is 0 Å². The molecule has 0 saturated carbocycles. The second-order valence-corrected chi connectivity index (χ2v) is 6.25. The van der Waals surface area contributed by atoms with E-state index in [2.05, 4.69) is 10.0 Å². The van der Waals surface area contributed by atoms with Crippen molar-refractivity contribution in [1.82, 2.24) is 5.32 Å². The van der Waals surface area contributed by atoms with Crippen molar-refractivity contribution in [2.75, 3.05) is 11.3 Å². The number of halogens is 2. The summed E-state index contributed by atoms with van der Waals surface area (Å²) in [6.45, 7) is 3.11. The second kappa shape index (κ2) is 6.46. The van der Waals surface area contributed by atoms with Crippen LogP contribution in [0.4, 0.5) is 10.1 Å². The number of hydrogen-bond donors (Lipinski definition) is 2. The molecule has 114 valence electrons. The standard InChI is InChI=1S/C13H14ClFN2O3S/c1-2-16-8-10-4-6-13(20-10)21(18,19)17-12-5-3-9(15)7-11(12)14/h3-7,16-17H,2,8H2,1H3. The highest BCUT2D eigenvalue weighted by Gasteiger charge is 2.20. The van der Waals surface area contributed by atoms with Crippen LogP contribution < -0.4 is 10.0 Å². The zero-order chi connectivity index (χ0) is 15.5. The Balaban J connectivity index is 2.19. The Kier molecular flexibility index (Phi) is 4.87. The van der Waals surface area contributed by atoms with Crippen molar-refractivity contribution in [1.29, 1.82) is 0 Å². The molecule has 2 aromatic rings. The first-order valence-corrected chi connectivity index (χ1v) is 8.06. The number of hydrogen-bond acceptors (Lipinski definition) is 4. The molecule has 1 aromatic carbocycles. The average Bonchev–Trinajstić information content (AvgIpc) is 2.89. The summed E-state index contributed by atoms with van der Waals surface area (Å²) in [5.74, 6) is -0.0451. The van der Waals surface area contributed by atoms with Crippen molar-refractivity contribution >= 4 is 27.3 Å². The third-order valence-electron chi connectivity index (χ3n) is 2.63. The molecule has 1 aromatic heterocycles. The van der Waals surface area contributed by atoms with E-state index in [1.807, 2.05) is 6.92 Å². The molecule has 5 nitrogen and oxygen atoms in total. The maximum Gasteiger partial charge on any atom is 0.295 e. The Morgan fingerprint density at radius 3 is 2.71 bits per heavy atom. The molecule has 2 N–H and O–H groups in total. The van der Waals surface area contributed by atoms with Gasteiger partial charge in [0.25, 0.3) is 10.0 Å². The smallest absolute Gasteiger partial charge is 0.295 e. The molecule has 0 bridgehead atoms. The fraction of sp³-hybridized carbons (Fsp3) is 0.231. The molecule has 0 amide bonds. The maximum absolute atomic E-state index is 12.9. The van der Waals surface area contributed by atoms with Crippen LogP contribution in [0.5, 0.6) is 0 Å². The van der Waals surface area contributed by atoms with E-state index in [1.165, 1.54) is 12.1 Å². The van der Waals surface area contributed by atoms with Gasteiger partial charge in [-0.3, -0.25) is 4.72 Å². The highest BCUT2D eigenvalue weighted by Crippen LogP contribution is 2.25. The third-order valence-corrected chi connectivity index (χ3v) is 4.18. The normalized spacial score (nSPS) is 11.6. The van der Waals surface area contributed by atoms with Gasteiger partial charge in [0.1, 0.15) is 11.6 Å². The molecule has 0 spiro atoms. The SMILES string of the molecule is CCNCc1ccc(S(=O)(=O)Nc2ccc(F)cc2Cl)o1. The molecule has 8 heteroatoms. The van der Waals surface area contributed by atoms with E-state index in [0.717, 1.165) is 18.7 Å². The van der Waals surface area contributed by atoms with Gasteiger partial charge in [-0.15, -0.1) is 0 Å². The monoisotopic (exact) mass is 332 g/mol. The van der Waals surface area contributed by atoms with Gasteiger partial charge in [-0.1, -0.05) is 18.5 Å². The highest BCUT2D eigenvalue weighted by atomic mass is 35.5. The summed E-state index contributed by atoms with van der Waals surface area (Å²) in [6, 6.07) is 6.31. The lowest BCUT2D eigenvalue weighted by Gasteiger charge is -2.07. The lowest BCUT2D eigenvalue weighted by atomic mass is 10.3. The first-order valence-electron chi connectivity index (χ1n) is 6.19. The molecule has 0 aliphatic carbocycles. The van der Waals surface area contributed by atoms with E-state index in [1.54, 1.807) is 6.07 Å². The summed E-state index contributed by atoms with van der Waals surface area (Å²) in [4.78, 5) is 0. The minimum absolute atomic E-state index is 0.0296. The van der Waals surface area contributed by atoms with Gasteiger partial charge in [-0.25, -0.2) is 4.39 Å². The Morgan fingerprint density at radius 2 is 2.05 bits per heavy atom.